The maximum absolute atomic E-state index is 14.2. The van der Waals surface area contributed by atoms with E-state index in [9.17, 15) is 18.4 Å². The van der Waals surface area contributed by atoms with Crippen LogP contribution in [0.3, 0.4) is 0 Å². The number of fused-ring (bicyclic) bond motifs is 1. The lowest BCUT2D eigenvalue weighted by atomic mass is 10.0. The third-order valence-electron chi connectivity index (χ3n) is 4.74. The number of rotatable bonds is 6. The molecule has 0 saturated carbocycles. The van der Waals surface area contributed by atoms with Crippen molar-refractivity contribution in [3.63, 3.8) is 0 Å². The summed E-state index contributed by atoms with van der Waals surface area (Å²) in [5, 5.41) is 2.75. The average molecular weight is 372 g/mol. The lowest BCUT2D eigenvalue weighted by molar-refractivity contribution is -0.126. The van der Waals surface area contributed by atoms with E-state index >= 15 is 0 Å². The first-order valence-electron chi connectivity index (χ1n) is 9.00. The van der Waals surface area contributed by atoms with E-state index in [1.807, 2.05) is 30.3 Å². The van der Waals surface area contributed by atoms with Crippen LogP contribution >= 0.6 is 0 Å². The zero-order valence-electron chi connectivity index (χ0n) is 15.2. The fourth-order valence-corrected chi connectivity index (χ4v) is 3.45. The SMILES string of the molecule is CC(=O)C(Cc1ccccc1)NC(=O)CN1CCCc2cc(F)cc(F)c21. The summed E-state index contributed by atoms with van der Waals surface area (Å²) in [6, 6.07) is 10.9. The Balaban J connectivity index is 1.69. The van der Waals surface area contributed by atoms with Crippen molar-refractivity contribution in [2.45, 2.75) is 32.2 Å². The summed E-state index contributed by atoms with van der Waals surface area (Å²) >= 11 is 0. The molecule has 0 radical (unpaired) electrons. The van der Waals surface area contributed by atoms with Gasteiger partial charge in [-0.2, -0.15) is 0 Å². The van der Waals surface area contributed by atoms with E-state index in [1.165, 1.54) is 13.0 Å². The van der Waals surface area contributed by atoms with Crippen molar-refractivity contribution in [2.75, 3.05) is 18.0 Å². The highest BCUT2D eigenvalue weighted by molar-refractivity contribution is 5.89. The van der Waals surface area contributed by atoms with Crippen LogP contribution in [-0.2, 0) is 22.4 Å². The van der Waals surface area contributed by atoms with Crippen LogP contribution < -0.4 is 10.2 Å². The number of halogens is 2. The van der Waals surface area contributed by atoms with Crippen molar-refractivity contribution in [1.29, 1.82) is 0 Å². The third kappa shape index (κ3) is 4.70. The van der Waals surface area contributed by atoms with E-state index in [-0.39, 0.29) is 23.9 Å². The molecule has 3 rings (SSSR count). The number of nitrogens with one attached hydrogen (secondary N) is 1. The van der Waals surface area contributed by atoms with Gasteiger partial charge in [0.2, 0.25) is 5.91 Å². The van der Waals surface area contributed by atoms with Gasteiger partial charge in [0.05, 0.1) is 18.3 Å². The van der Waals surface area contributed by atoms with Crippen LogP contribution in [0.25, 0.3) is 0 Å². The van der Waals surface area contributed by atoms with Crippen LogP contribution in [0.1, 0.15) is 24.5 Å². The van der Waals surface area contributed by atoms with Crippen molar-refractivity contribution in [2.24, 2.45) is 0 Å². The number of hydrogen-bond donors (Lipinski definition) is 1. The summed E-state index contributed by atoms with van der Waals surface area (Å²) in [6.45, 7) is 1.87. The Morgan fingerprint density at radius 2 is 1.93 bits per heavy atom. The lowest BCUT2D eigenvalue weighted by Gasteiger charge is -2.31. The van der Waals surface area contributed by atoms with Gasteiger partial charge in [0, 0.05) is 12.6 Å². The molecule has 27 heavy (non-hydrogen) atoms. The van der Waals surface area contributed by atoms with Crippen LogP contribution in [0.4, 0.5) is 14.5 Å². The Kier molecular flexibility index (Phi) is 5.84. The Bertz CT molecular complexity index is 840. The average Bonchev–Trinajstić information content (AvgIpc) is 2.61. The molecule has 1 amide bonds. The summed E-state index contributed by atoms with van der Waals surface area (Å²) < 4.78 is 27.7. The molecule has 1 atom stereocenters. The van der Waals surface area contributed by atoms with E-state index in [0.29, 0.717) is 31.4 Å². The quantitative estimate of drug-likeness (QED) is 0.848. The summed E-state index contributed by atoms with van der Waals surface area (Å²) in [6.07, 6.45) is 1.69. The van der Waals surface area contributed by atoms with Gasteiger partial charge in [-0.1, -0.05) is 30.3 Å². The number of carbonyl (C=O) groups is 2. The zero-order valence-corrected chi connectivity index (χ0v) is 15.2. The molecule has 1 unspecified atom stereocenters. The van der Waals surface area contributed by atoms with Gasteiger partial charge in [-0.3, -0.25) is 9.59 Å². The van der Waals surface area contributed by atoms with E-state index in [1.54, 1.807) is 4.90 Å². The van der Waals surface area contributed by atoms with Crippen molar-refractivity contribution in [1.82, 2.24) is 5.32 Å². The minimum absolute atomic E-state index is 0.0753. The second-order valence-corrected chi connectivity index (χ2v) is 6.84. The highest BCUT2D eigenvalue weighted by atomic mass is 19.1. The van der Waals surface area contributed by atoms with Crippen LogP contribution in [0.5, 0.6) is 0 Å². The van der Waals surface area contributed by atoms with E-state index in [0.717, 1.165) is 11.6 Å². The van der Waals surface area contributed by atoms with Crippen LogP contribution in [-0.4, -0.2) is 30.8 Å². The zero-order chi connectivity index (χ0) is 19.4. The molecule has 1 N–H and O–H groups in total. The number of nitrogens with zero attached hydrogens (tertiary/aromatic N) is 1. The van der Waals surface area contributed by atoms with E-state index in [4.69, 9.17) is 0 Å². The summed E-state index contributed by atoms with van der Waals surface area (Å²) in [4.78, 5) is 26.1. The van der Waals surface area contributed by atoms with Crippen LogP contribution in [0, 0.1) is 11.6 Å². The summed E-state index contributed by atoms with van der Waals surface area (Å²) in [7, 11) is 0. The summed E-state index contributed by atoms with van der Waals surface area (Å²) in [5.74, 6) is -1.77. The highest BCUT2D eigenvalue weighted by Gasteiger charge is 2.25. The highest BCUT2D eigenvalue weighted by Crippen LogP contribution is 2.30. The topological polar surface area (TPSA) is 49.4 Å². The third-order valence-corrected chi connectivity index (χ3v) is 4.74. The van der Waals surface area contributed by atoms with Gasteiger partial charge in [0.25, 0.3) is 0 Å². The molecule has 0 bridgehead atoms. The number of benzene rings is 2. The second kappa shape index (κ2) is 8.29. The van der Waals surface area contributed by atoms with Gasteiger partial charge >= 0.3 is 0 Å². The first-order valence-corrected chi connectivity index (χ1v) is 9.00. The van der Waals surface area contributed by atoms with Gasteiger partial charge in [-0.25, -0.2) is 8.78 Å². The molecular weight excluding hydrogens is 350 g/mol. The Labute approximate surface area is 157 Å². The van der Waals surface area contributed by atoms with Crippen molar-refractivity contribution < 1.29 is 18.4 Å². The monoisotopic (exact) mass is 372 g/mol. The number of anilines is 1. The van der Waals surface area contributed by atoms with Crippen molar-refractivity contribution in [3.05, 3.63) is 65.2 Å². The maximum Gasteiger partial charge on any atom is 0.240 e. The predicted molar refractivity (Wildman–Crippen MR) is 99.6 cm³/mol. The summed E-state index contributed by atoms with van der Waals surface area (Å²) in [5.41, 5.74) is 1.79. The first kappa shape index (κ1) is 19.0. The van der Waals surface area contributed by atoms with Crippen molar-refractivity contribution in [3.8, 4) is 0 Å². The molecule has 2 aromatic carbocycles. The van der Waals surface area contributed by atoms with Crippen LogP contribution in [0.15, 0.2) is 42.5 Å². The number of hydrogen-bond acceptors (Lipinski definition) is 3. The van der Waals surface area contributed by atoms with E-state index < -0.39 is 17.7 Å². The molecule has 0 fully saturated rings. The van der Waals surface area contributed by atoms with Gasteiger partial charge in [0.15, 0.2) is 5.78 Å². The predicted octanol–water partition coefficient (Wildman–Crippen LogP) is 3.03. The van der Waals surface area contributed by atoms with Gasteiger partial charge < -0.3 is 10.2 Å². The van der Waals surface area contributed by atoms with Gasteiger partial charge in [0.1, 0.15) is 11.6 Å². The molecule has 2 aromatic rings. The fourth-order valence-electron chi connectivity index (χ4n) is 3.45. The van der Waals surface area contributed by atoms with Crippen LogP contribution in [0.2, 0.25) is 0 Å². The Morgan fingerprint density at radius 1 is 1.19 bits per heavy atom. The van der Waals surface area contributed by atoms with Gasteiger partial charge in [-0.05, 0) is 43.4 Å². The van der Waals surface area contributed by atoms with Gasteiger partial charge in [-0.15, -0.1) is 0 Å². The lowest BCUT2D eigenvalue weighted by Crippen LogP contribution is -2.47. The molecule has 0 saturated heterocycles. The molecule has 1 aliphatic rings. The number of carbonyl (C=O) groups excluding carboxylic acids is 2. The number of ketones is 1. The molecule has 0 spiro atoms. The van der Waals surface area contributed by atoms with E-state index in [2.05, 4.69) is 5.32 Å². The number of aryl methyl sites for hydroxylation is 1. The minimum atomic E-state index is -0.662. The molecule has 6 heteroatoms. The largest absolute Gasteiger partial charge is 0.360 e. The molecular formula is C21H22F2N2O2. The molecule has 1 aliphatic heterocycles. The normalized spacial score (nSPS) is 14.4. The number of amides is 1. The minimum Gasteiger partial charge on any atom is -0.360 e. The molecule has 4 nitrogen and oxygen atoms in total. The molecule has 142 valence electrons. The molecule has 1 heterocycles. The smallest absolute Gasteiger partial charge is 0.240 e. The first-order chi connectivity index (χ1) is 12.9. The maximum atomic E-state index is 14.2. The number of Topliss-reactive ketones (excluding diaryl/α,β-unsaturated/α-hetero) is 1. The second-order valence-electron chi connectivity index (χ2n) is 6.84. The molecule has 0 aliphatic carbocycles. The Morgan fingerprint density at radius 3 is 2.63 bits per heavy atom. The van der Waals surface area contributed by atoms with Crippen molar-refractivity contribution >= 4 is 17.4 Å². The fraction of sp³-hybridized carbons (Fsp3) is 0.333. The standard InChI is InChI=1S/C21H22F2N2O2/c1-14(26)19(10-15-6-3-2-4-7-15)24-20(27)13-25-9-5-8-16-11-17(22)12-18(23)21(16)25/h2-4,6-7,11-12,19H,5,8-10,13H2,1H3,(H,24,27). The molecule has 0 aromatic heterocycles. The Hall–Kier alpha value is -2.76.